The van der Waals surface area contributed by atoms with E-state index in [0.29, 0.717) is 11.8 Å². The van der Waals surface area contributed by atoms with Crippen molar-refractivity contribution in [2.24, 2.45) is 5.92 Å². The Morgan fingerprint density at radius 3 is 2.15 bits per heavy atom. The minimum Gasteiger partial charge on any atom is -0.455 e. The normalized spacial score (nSPS) is 18.2. The van der Waals surface area contributed by atoms with E-state index in [4.69, 9.17) is 11.0 Å². The van der Waals surface area contributed by atoms with Gasteiger partial charge in [0.15, 0.2) is 0 Å². The van der Waals surface area contributed by atoms with Crippen molar-refractivity contribution in [1.82, 2.24) is 0 Å². The first-order valence-corrected chi connectivity index (χ1v) is 26.9. The lowest BCUT2D eigenvalue weighted by molar-refractivity contribution is 0.590. The van der Waals surface area contributed by atoms with Gasteiger partial charge in [0.2, 0.25) is 0 Å². The SMILES string of the molecule is C=C(C1=C(C2=C(C)C(/C(C)=C/C=C\C)(c3ccccc3)c3cc(N(c4ccc(C(C)(C)C)cc4)c4cc(C)cc(C)c4)c4c(oc5ccccc54)c32)C=CCC1)N(C1=CC(C)CC(C)=C1)c1ccc(C(C)C)cc1. The zero-order valence-corrected chi connectivity index (χ0v) is 46.0. The van der Waals surface area contributed by atoms with E-state index in [1.54, 1.807) is 0 Å². The molecule has 0 saturated heterocycles. The number of nitrogens with zero attached hydrogens (tertiary/aromatic N) is 2. The van der Waals surface area contributed by atoms with E-state index in [0.717, 1.165) is 75.2 Å². The van der Waals surface area contributed by atoms with Crippen LogP contribution in [-0.4, -0.2) is 0 Å². The van der Waals surface area contributed by atoms with Gasteiger partial charge >= 0.3 is 0 Å². The van der Waals surface area contributed by atoms with Crippen LogP contribution in [0.5, 0.6) is 0 Å². The Bertz CT molecular complexity index is 3530. The summed E-state index contributed by atoms with van der Waals surface area (Å²) in [4.78, 5) is 4.94. The molecule has 1 heterocycles. The predicted molar refractivity (Wildman–Crippen MR) is 318 cm³/mol. The molecule has 6 aromatic carbocycles. The van der Waals surface area contributed by atoms with Gasteiger partial charge in [-0.05, 0) is 188 Å². The number of fused-ring (bicyclic) bond motifs is 5. The van der Waals surface area contributed by atoms with E-state index in [9.17, 15) is 0 Å². The van der Waals surface area contributed by atoms with Crippen LogP contribution < -0.4 is 9.80 Å². The average molecular weight is 971 g/mol. The second-order valence-electron chi connectivity index (χ2n) is 22.7. The lowest BCUT2D eigenvalue weighted by Crippen LogP contribution is -2.29. The molecule has 0 amide bonds. The van der Waals surface area contributed by atoms with Gasteiger partial charge in [0.05, 0.1) is 16.5 Å². The molecule has 0 radical (unpaired) electrons. The molecule has 0 bridgehead atoms. The van der Waals surface area contributed by atoms with Crippen molar-refractivity contribution in [3.8, 4) is 0 Å². The second-order valence-corrected chi connectivity index (χ2v) is 22.7. The molecule has 0 spiro atoms. The predicted octanol–water partition coefficient (Wildman–Crippen LogP) is 20.2. The third-order valence-corrected chi connectivity index (χ3v) is 15.9. The standard InChI is InChI=1S/C71H74N2O/c1-14-15-23-50(8)71(55-24-17-16-18-25-55)51(9)66(61-27-20-19-26-60(61)52(10)72(58-40-46(4)38-47(5)41-58)56-34-30-53(31-35-56)45(2)3)68-63(71)44-64(67-62-28-21-22-29-65(62)74-69(67)68)73(59-42-48(6)39-49(7)43-59)57-36-32-54(33-37-57)70(11,12)13/h14-18,20-25,27-37,39-46H,10,19,26,38H2,1-9,11-13H3/b15-14-,50-23+. The fourth-order valence-corrected chi connectivity index (χ4v) is 12.5. The summed E-state index contributed by atoms with van der Waals surface area (Å²) in [7, 11) is 0. The maximum atomic E-state index is 7.50. The summed E-state index contributed by atoms with van der Waals surface area (Å²) in [6.07, 6.45) is 19.1. The summed E-state index contributed by atoms with van der Waals surface area (Å²) < 4.78 is 7.50. The van der Waals surface area contributed by atoms with Gasteiger partial charge in [0, 0.05) is 39.4 Å². The molecule has 0 saturated carbocycles. The number of furan rings is 1. The highest BCUT2D eigenvalue weighted by atomic mass is 16.3. The Morgan fingerprint density at radius 2 is 1.49 bits per heavy atom. The van der Waals surface area contributed by atoms with Crippen molar-refractivity contribution in [2.75, 3.05) is 9.80 Å². The molecule has 0 N–H and O–H groups in total. The third-order valence-electron chi connectivity index (χ3n) is 15.9. The molecule has 3 heteroatoms. The van der Waals surface area contributed by atoms with Crippen molar-refractivity contribution < 1.29 is 4.42 Å². The minimum atomic E-state index is -0.685. The minimum absolute atomic E-state index is 0.000198. The smallest absolute Gasteiger partial charge is 0.145 e. The summed E-state index contributed by atoms with van der Waals surface area (Å²) in [5, 5.41) is 2.18. The summed E-state index contributed by atoms with van der Waals surface area (Å²) in [5.41, 5.74) is 23.8. The third kappa shape index (κ3) is 8.78. The molecule has 3 aliphatic carbocycles. The Kier molecular flexibility index (Phi) is 13.4. The van der Waals surface area contributed by atoms with Gasteiger partial charge in [-0.1, -0.05) is 175 Å². The van der Waals surface area contributed by atoms with E-state index in [2.05, 4.69) is 263 Å². The van der Waals surface area contributed by atoms with Gasteiger partial charge in [-0.2, -0.15) is 0 Å². The van der Waals surface area contributed by atoms with Crippen molar-refractivity contribution >= 4 is 50.3 Å². The van der Waals surface area contributed by atoms with Crippen LogP contribution >= 0.6 is 0 Å². The Hall–Kier alpha value is -7.36. The highest BCUT2D eigenvalue weighted by Crippen LogP contribution is 2.61. The Balaban J connectivity index is 1.34. The van der Waals surface area contributed by atoms with E-state index >= 15 is 0 Å². The van der Waals surface area contributed by atoms with Crippen molar-refractivity contribution in [3.63, 3.8) is 0 Å². The van der Waals surface area contributed by atoms with E-state index < -0.39 is 5.41 Å². The number of hydrogen-bond acceptors (Lipinski definition) is 3. The molecule has 1 aromatic heterocycles. The largest absolute Gasteiger partial charge is 0.455 e. The lowest BCUT2D eigenvalue weighted by atomic mass is 9.66. The van der Waals surface area contributed by atoms with Crippen LogP contribution in [0.3, 0.4) is 0 Å². The van der Waals surface area contributed by atoms with Gasteiger partial charge in [-0.25, -0.2) is 0 Å². The number of aryl methyl sites for hydroxylation is 2. The van der Waals surface area contributed by atoms with Crippen LogP contribution in [0.2, 0.25) is 0 Å². The number of rotatable bonds is 12. The second kappa shape index (κ2) is 19.8. The molecule has 3 nitrogen and oxygen atoms in total. The van der Waals surface area contributed by atoms with Gasteiger partial charge in [0.25, 0.3) is 0 Å². The molecular formula is C71H74N2O. The zero-order valence-electron chi connectivity index (χ0n) is 46.0. The molecule has 7 aromatic rings. The average Bonchev–Trinajstić information content (AvgIpc) is 3.90. The van der Waals surface area contributed by atoms with Gasteiger partial charge in [0.1, 0.15) is 11.2 Å². The molecule has 2 atom stereocenters. The lowest BCUT2D eigenvalue weighted by Gasteiger charge is -2.36. The number of allylic oxidation sites excluding steroid dienone is 13. The molecule has 0 aliphatic heterocycles. The summed E-state index contributed by atoms with van der Waals surface area (Å²) in [5.74, 6) is 0.833. The topological polar surface area (TPSA) is 19.6 Å². The maximum absolute atomic E-state index is 7.50. The van der Waals surface area contributed by atoms with Gasteiger partial charge in [-0.3, -0.25) is 0 Å². The molecule has 10 rings (SSSR count). The highest BCUT2D eigenvalue weighted by molar-refractivity contribution is 6.19. The molecule has 2 unspecified atom stereocenters. The van der Waals surface area contributed by atoms with Crippen LogP contribution in [0, 0.1) is 19.8 Å². The first-order valence-electron chi connectivity index (χ1n) is 26.9. The van der Waals surface area contributed by atoms with Crippen molar-refractivity contribution in [1.29, 1.82) is 0 Å². The van der Waals surface area contributed by atoms with E-state index in [-0.39, 0.29) is 5.41 Å². The van der Waals surface area contributed by atoms with Crippen LogP contribution in [0.4, 0.5) is 22.7 Å². The number of benzene rings is 6. The Labute approximate surface area is 442 Å². The first kappa shape index (κ1) is 50.2. The fraction of sp³-hybridized carbons (Fsp3) is 0.268. The van der Waals surface area contributed by atoms with Gasteiger partial charge in [-0.15, -0.1) is 0 Å². The van der Waals surface area contributed by atoms with Crippen LogP contribution in [0.15, 0.2) is 220 Å². The number of para-hydroxylation sites is 1. The molecule has 74 heavy (non-hydrogen) atoms. The van der Waals surface area contributed by atoms with E-state index in [1.807, 2.05) is 0 Å². The summed E-state index contributed by atoms with van der Waals surface area (Å²) >= 11 is 0. The maximum Gasteiger partial charge on any atom is 0.145 e. The van der Waals surface area contributed by atoms with Crippen molar-refractivity contribution in [2.45, 2.75) is 119 Å². The Morgan fingerprint density at radius 1 is 0.811 bits per heavy atom. The highest BCUT2D eigenvalue weighted by Gasteiger charge is 2.49. The number of anilines is 4. The molecule has 374 valence electrons. The first-order chi connectivity index (χ1) is 35.5. The molecular weight excluding hydrogens is 897 g/mol. The van der Waals surface area contributed by atoms with Crippen LogP contribution in [0.25, 0.3) is 27.5 Å². The molecule has 3 aliphatic rings. The van der Waals surface area contributed by atoms with Crippen molar-refractivity contribution in [3.05, 3.63) is 255 Å². The van der Waals surface area contributed by atoms with Crippen LogP contribution in [-0.2, 0) is 10.8 Å². The van der Waals surface area contributed by atoms with Gasteiger partial charge < -0.3 is 14.2 Å². The summed E-state index contributed by atoms with van der Waals surface area (Å²) in [6, 6.07) is 47.8. The zero-order chi connectivity index (χ0) is 52.2. The van der Waals surface area contributed by atoms with E-state index in [1.165, 1.54) is 72.5 Å². The quantitative estimate of drug-likeness (QED) is 0.114. The molecule has 0 fully saturated rings. The van der Waals surface area contributed by atoms with Crippen LogP contribution in [0.1, 0.15) is 133 Å². The number of hydrogen-bond donors (Lipinski definition) is 0. The fourth-order valence-electron chi connectivity index (χ4n) is 12.5. The monoisotopic (exact) mass is 971 g/mol. The summed E-state index contributed by atoms with van der Waals surface area (Å²) in [6.45, 7) is 32.4.